The van der Waals surface area contributed by atoms with E-state index in [-0.39, 0.29) is 6.61 Å². The molecular weight excluding hydrogens is 258 g/mol. The first-order valence-corrected chi connectivity index (χ1v) is 7.06. The van der Waals surface area contributed by atoms with E-state index in [2.05, 4.69) is 4.98 Å². The molecule has 0 aliphatic rings. The summed E-state index contributed by atoms with van der Waals surface area (Å²) in [6, 6.07) is 9.63. The number of nitrogens with zero attached hydrogens (tertiary/aromatic N) is 1. The summed E-state index contributed by atoms with van der Waals surface area (Å²) in [5, 5.41) is 11.8. The second kappa shape index (κ2) is 5.82. The number of methoxy groups -OCH3 is 1. The molecule has 0 radical (unpaired) electrons. The third-order valence-electron chi connectivity index (χ3n) is 3.21. The highest BCUT2D eigenvalue weighted by Crippen LogP contribution is 2.29. The molecule has 3 nitrogen and oxygen atoms in total. The lowest BCUT2D eigenvalue weighted by Crippen LogP contribution is -2.33. The van der Waals surface area contributed by atoms with Crippen LogP contribution in [0, 0.1) is 13.8 Å². The Hall–Kier alpha value is -1.23. The van der Waals surface area contributed by atoms with Crippen molar-refractivity contribution in [2.24, 2.45) is 0 Å². The highest BCUT2D eigenvalue weighted by atomic mass is 32.1. The normalized spacial score (nSPS) is 14.3. The summed E-state index contributed by atoms with van der Waals surface area (Å²) in [4.78, 5) is 5.70. The minimum atomic E-state index is -1.02. The minimum Gasteiger partial charge on any atom is -0.382 e. The smallest absolute Gasteiger partial charge is 0.119 e. The predicted molar refractivity (Wildman–Crippen MR) is 77.5 cm³/mol. The van der Waals surface area contributed by atoms with E-state index in [0.717, 1.165) is 16.3 Å². The molecule has 1 aromatic heterocycles. The molecule has 1 unspecified atom stereocenters. The molecule has 4 heteroatoms. The lowest BCUT2D eigenvalue weighted by atomic mass is 9.91. The number of aromatic nitrogens is 1. The van der Waals surface area contributed by atoms with Gasteiger partial charge in [-0.15, -0.1) is 11.3 Å². The van der Waals surface area contributed by atoms with Crippen LogP contribution in [0.5, 0.6) is 0 Å². The summed E-state index contributed by atoms with van der Waals surface area (Å²) in [5.74, 6) is 0. The van der Waals surface area contributed by atoms with Crippen molar-refractivity contribution in [2.45, 2.75) is 25.9 Å². The molecule has 1 atom stereocenters. The van der Waals surface area contributed by atoms with Crippen LogP contribution < -0.4 is 0 Å². The Morgan fingerprint density at radius 3 is 2.47 bits per heavy atom. The monoisotopic (exact) mass is 277 g/mol. The second-order valence-electron chi connectivity index (χ2n) is 4.76. The molecule has 0 saturated heterocycles. The third kappa shape index (κ3) is 3.21. The maximum atomic E-state index is 10.9. The van der Waals surface area contributed by atoms with Gasteiger partial charge in [0.25, 0.3) is 0 Å². The molecule has 0 saturated carbocycles. The molecule has 0 aliphatic heterocycles. The number of benzene rings is 1. The third-order valence-corrected chi connectivity index (χ3v) is 4.28. The highest BCUT2D eigenvalue weighted by Gasteiger charge is 2.31. The molecule has 1 heterocycles. The van der Waals surface area contributed by atoms with Crippen LogP contribution in [0.3, 0.4) is 0 Å². The first-order chi connectivity index (χ1) is 9.05. The van der Waals surface area contributed by atoms with Crippen LogP contribution in [0.15, 0.2) is 30.3 Å². The fourth-order valence-electron chi connectivity index (χ4n) is 2.09. The predicted octanol–water partition coefficient (Wildman–Crippen LogP) is 2.84. The zero-order chi connectivity index (χ0) is 13.9. The minimum absolute atomic E-state index is 0.259. The van der Waals surface area contributed by atoms with Gasteiger partial charge in [0.1, 0.15) is 5.60 Å². The highest BCUT2D eigenvalue weighted by molar-refractivity contribution is 7.11. The van der Waals surface area contributed by atoms with E-state index in [9.17, 15) is 5.11 Å². The van der Waals surface area contributed by atoms with Gasteiger partial charge in [0.05, 0.1) is 17.3 Å². The summed E-state index contributed by atoms with van der Waals surface area (Å²) >= 11 is 1.64. The molecule has 0 fully saturated rings. The zero-order valence-corrected chi connectivity index (χ0v) is 12.3. The molecule has 19 heavy (non-hydrogen) atoms. The van der Waals surface area contributed by atoms with Crippen LogP contribution in [-0.2, 0) is 16.8 Å². The maximum Gasteiger partial charge on any atom is 0.119 e. The largest absolute Gasteiger partial charge is 0.382 e. The van der Waals surface area contributed by atoms with E-state index in [4.69, 9.17) is 4.74 Å². The topological polar surface area (TPSA) is 42.4 Å². The van der Waals surface area contributed by atoms with Gasteiger partial charge in [-0.05, 0) is 19.4 Å². The van der Waals surface area contributed by atoms with Gasteiger partial charge in [-0.3, -0.25) is 0 Å². The van der Waals surface area contributed by atoms with Crippen LogP contribution in [0.25, 0.3) is 0 Å². The van der Waals surface area contributed by atoms with Gasteiger partial charge in [0.2, 0.25) is 0 Å². The molecule has 1 N–H and O–H groups in total. The Balaban J connectivity index is 2.29. The molecule has 2 aromatic rings. The van der Waals surface area contributed by atoms with E-state index in [0.29, 0.717) is 6.42 Å². The van der Waals surface area contributed by atoms with Crippen molar-refractivity contribution in [2.75, 3.05) is 13.7 Å². The Kier molecular flexibility index (Phi) is 4.34. The van der Waals surface area contributed by atoms with Crippen molar-refractivity contribution in [3.8, 4) is 0 Å². The van der Waals surface area contributed by atoms with Crippen LogP contribution in [0.4, 0.5) is 0 Å². The molecule has 0 spiro atoms. The molecule has 1 aromatic carbocycles. The molecule has 102 valence electrons. The number of thiazole rings is 1. The van der Waals surface area contributed by atoms with Crippen LogP contribution in [0.2, 0.25) is 0 Å². The first-order valence-electron chi connectivity index (χ1n) is 6.25. The summed E-state index contributed by atoms with van der Waals surface area (Å²) in [6.45, 7) is 4.30. The van der Waals surface area contributed by atoms with Gasteiger partial charge in [-0.2, -0.15) is 0 Å². The fourth-order valence-corrected chi connectivity index (χ4v) is 3.13. The Morgan fingerprint density at radius 2 is 1.95 bits per heavy atom. The second-order valence-corrected chi connectivity index (χ2v) is 6.04. The van der Waals surface area contributed by atoms with E-state index in [1.807, 2.05) is 44.2 Å². The quantitative estimate of drug-likeness (QED) is 0.914. The molecular formula is C15H19NO2S. The van der Waals surface area contributed by atoms with Gasteiger partial charge in [-0.25, -0.2) is 4.98 Å². The Bertz CT molecular complexity index is 519. The summed E-state index contributed by atoms with van der Waals surface area (Å²) < 4.78 is 5.20. The van der Waals surface area contributed by atoms with Crippen molar-refractivity contribution < 1.29 is 9.84 Å². The average molecular weight is 277 g/mol. The van der Waals surface area contributed by atoms with Gasteiger partial charge in [0.15, 0.2) is 0 Å². The van der Waals surface area contributed by atoms with Gasteiger partial charge < -0.3 is 9.84 Å². The maximum absolute atomic E-state index is 10.9. The molecule has 2 rings (SSSR count). The first kappa shape index (κ1) is 14.2. The van der Waals surface area contributed by atoms with E-state index >= 15 is 0 Å². The summed E-state index contributed by atoms with van der Waals surface area (Å²) in [7, 11) is 1.60. The lowest BCUT2D eigenvalue weighted by Gasteiger charge is -2.27. The number of rotatable bonds is 5. The summed E-state index contributed by atoms with van der Waals surface area (Å²) in [6.07, 6.45) is 0.476. The van der Waals surface area contributed by atoms with Crippen LogP contribution >= 0.6 is 11.3 Å². The average Bonchev–Trinajstić information content (AvgIpc) is 2.69. The Labute approximate surface area is 117 Å². The molecule has 0 bridgehead atoms. The molecule has 0 aliphatic carbocycles. The van der Waals surface area contributed by atoms with Crippen LogP contribution in [0.1, 0.15) is 21.1 Å². The lowest BCUT2D eigenvalue weighted by molar-refractivity contribution is -0.0355. The van der Waals surface area contributed by atoms with E-state index in [1.54, 1.807) is 18.4 Å². The number of aliphatic hydroxyl groups is 1. The number of ether oxygens (including phenoxy) is 1. The molecule has 0 amide bonds. The van der Waals surface area contributed by atoms with Gasteiger partial charge in [0, 0.05) is 18.4 Å². The van der Waals surface area contributed by atoms with Crippen LogP contribution in [-0.4, -0.2) is 23.8 Å². The van der Waals surface area contributed by atoms with E-state index < -0.39 is 5.60 Å². The zero-order valence-electron chi connectivity index (χ0n) is 11.5. The SMILES string of the molecule is COCC(O)(Cc1nc(C)c(C)s1)c1ccccc1. The van der Waals surface area contributed by atoms with Crippen molar-refractivity contribution in [3.63, 3.8) is 0 Å². The summed E-state index contributed by atoms with van der Waals surface area (Å²) in [5.41, 5.74) is 0.877. The number of hydrogen-bond acceptors (Lipinski definition) is 4. The van der Waals surface area contributed by atoms with Crippen molar-refractivity contribution >= 4 is 11.3 Å². The Morgan fingerprint density at radius 1 is 1.26 bits per heavy atom. The van der Waals surface area contributed by atoms with Gasteiger partial charge >= 0.3 is 0 Å². The van der Waals surface area contributed by atoms with Crippen molar-refractivity contribution in [3.05, 3.63) is 51.5 Å². The number of aryl methyl sites for hydroxylation is 2. The van der Waals surface area contributed by atoms with Gasteiger partial charge in [-0.1, -0.05) is 30.3 Å². The van der Waals surface area contributed by atoms with Crippen molar-refractivity contribution in [1.82, 2.24) is 4.98 Å². The van der Waals surface area contributed by atoms with E-state index in [1.165, 1.54) is 4.88 Å². The number of hydrogen-bond donors (Lipinski definition) is 1. The fraction of sp³-hybridized carbons (Fsp3) is 0.400. The van der Waals surface area contributed by atoms with Crippen molar-refractivity contribution in [1.29, 1.82) is 0 Å². The standard InChI is InChI=1S/C15H19NO2S/c1-11-12(2)19-14(16-11)9-15(17,10-18-3)13-7-5-4-6-8-13/h4-8,17H,9-10H2,1-3H3.